The van der Waals surface area contributed by atoms with Gasteiger partial charge >= 0.3 is 6.09 Å². The summed E-state index contributed by atoms with van der Waals surface area (Å²) in [6, 6.07) is 8.63. The van der Waals surface area contributed by atoms with Gasteiger partial charge < -0.3 is 10.1 Å². The van der Waals surface area contributed by atoms with Crippen LogP contribution in [-0.2, 0) is 4.74 Å². The fraction of sp³-hybridized carbons (Fsp3) is 0.125. The van der Waals surface area contributed by atoms with Crippen molar-refractivity contribution in [3.8, 4) is 0 Å². The lowest BCUT2D eigenvalue weighted by molar-refractivity contribution is 0.0477. The van der Waals surface area contributed by atoms with Crippen molar-refractivity contribution in [3.05, 3.63) is 46.3 Å². The number of aromatic nitrogens is 1. The zero-order valence-electron chi connectivity index (χ0n) is 13.4. The van der Waals surface area contributed by atoms with Crippen LogP contribution in [0.15, 0.2) is 35.7 Å². The number of amides is 3. The first-order chi connectivity index (χ1) is 12.9. The Morgan fingerprint density at radius 3 is 2.67 bits per heavy atom. The van der Waals surface area contributed by atoms with Crippen molar-refractivity contribution in [2.45, 2.75) is 6.43 Å². The lowest BCUT2D eigenvalue weighted by Gasteiger charge is -2.07. The number of thiazole rings is 1. The van der Waals surface area contributed by atoms with E-state index in [2.05, 4.69) is 15.0 Å². The summed E-state index contributed by atoms with van der Waals surface area (Å²) in [5, 5.41) is 6.33. The molecule has 11 heteroatoms. The second kappa shape index (κ2) is 8.18. The zero-order chi connectivity index (χ0) is 19.4. The number of fused-ring (bicyclic) bond motifs is 1. The van der Waals surface area contributed by atoms with Crippen LogP contribution in [0.2, 0.25) is 0 Å². The maximum atomic E-state index is 12.4. The van der Waals surface area contributed by atoms with Crippen LogP contribution < -0.4 is 10.6 Å². The third kappa shape index (κ3) is 4.63. The number of thiophene rings is 1. The highest BCUT2D eigenvalue weighted by molar-refractivity contribution is 7.20. The van der Waals surface area contributed by atoms with Crippen molar-refractivity contribution >= 4 is 55.8 Å². The summed E-state index contributed by atoms with van der Waals surface area (Å²) in [7, 11) is 0. The Kier molecular flexibility index (Phi) is 5.72. The molecule has 0 fully saturated rings. The van der Waals surface area contributed by atoms with E-state index in [4.69, 9.17) is 0 Å². The molecule has 0 aliphatic carbocycles. The molecule has 0 atom stereocenters. The maximum Gasteiger partial charge on any atom is 0.414 e. The maximum absolute atomic E-state index is 12.4. The molecule has 27 heavy (non-hydrogen) atoms. The molecule has 140 valence electrons. The largest absolute Gasteiger partial charge is 0.443 e. The Hall–Kier alpha value is -2.92. The Balaban J connectivity index is 1.68. The number of alkyl halides is 2. The number of carbonyl (C=O) groups is 3. The van der Waals surface area contributed by atoms with Gasteiger partial charge in [0.2, 0.25) is 0 Å². The average Bonchev–Trinajstić information content (AvgIpc) is 3.26. The highest BCUT2D eigenvalue weighted by Crippen LogP contribution is 2.26. The molecule has 7 nitrogen and oxygen atoms in total. The highest BCUT2D eigenvalue weighted by atomic mass is 32.1. The van der Waals surface area contributed by atoms with Crippen molar-refractivity contribution < 1.29 is 27.9 Å². The van der Waals surface area contributed by atoms with Crippen LogP contribution in [0.1, 0.15) is 20.2 Å². The number of imide groups is 1. The molecule has 0 aliphatic rings. The van der Waals surface area contributed by atoms with Crippen LogP contribution in [0.4, 0.5) is 18.6 Å². The van der Waals surface area contributed by atoms with Gasteiger partial charge in [0.15, 0.2) is 11.6 Å². The van der Waals surface area contributed by atoms with Gasteiger partial charge in [-0.15, -0.1) is 22.7 Å². The monoisotopic (exact) mass is 411 g/mol. The Morgan fingerprint density at radius 2 is 1.93 bits per heavy atom. The number of nitrogens with zero attached hydrogens (tertiary/aromatic N) is 1. The summed E-state index contributed by atoms with van der Waals surface area (Å²) < 4.78 is 29.0. The van der Waals surface area contributed by atoms with E-state index in [1.165, 1.54) is 22.8 Å². The van der Waals surface area contributed by atoms with Gasteiger partial charge in [0.25, 0.3) is 18.2 Å². The van der Waals surface area contributed by atoms with E-state index in [1.807, 2.05) is 17.4 Å². The second-order valence-electron chi connectivity index (χ2n) is 5.05. The van der Waals surface area contributed by atoms with Gasteiger partial charge in [0.1, 0.15) is 5.00 Å². The summed E-state index contributed by atoms with van der Waals surface area (Å²) in [6.07, 6.45) is -4.13. The molecule has 2 heterocycles. The van der Waals surface area contributed by atoms with Crippen LogP contribution in [0.5, 0.6) is 0 Å². The van der Waals surface area contributed by atoms with E-state index >= 15 is 0 Å². The van der Waals surface area contributed by atoms with Crippen molar-refractivity contribution in [2.24, 2.45) is 0 Å². The van der Waals surface area contributed by atoms with E-state index < -0.39 is 30.9 Å². The van der Waals surface area contributed by atoms with Gasteiger partial charge in [-0.3, -0.25) is 14.9 Å². The fourth-order valence-corrected chi connectivity index (χ4v) is 3.69. The van der Waals surface area contributed by atoms with E-state index in [-0.39, 0.29) is 15.6 Å². The molecule has 0 saturated carbocycles. The standard InChI is InChI=1S/C16H11F2N3O4S2/c17-11(18)7-25-16(24)21-12(22)8-5-6-26-14(8)20-13(23)15-19-9-3-1-2-4-10(9)27-15/h1-6,11H,7H2,(H,20,23)(H,21,22,24). The van der Waals surface area contributed by atoms with E-state index in [0.29, 0.717) is 5.52 Å². The third-order valence-electron chi connectivity index (χ3n) is 3.18. The number of rotatable bonds is 5. The number of hydrogen-bond acceptors (Lipinski definition) is 7. The number of ether oxygens (including phenoxy) is 1. The van der Waals surface area contributed by atoms with Gasteiger partial charge in [-0.25, -0.2) is 18.6 Å². The average molecular weight is 411 g/mol. The van der Waals surface area contributed by atoms with Crippen LogP contribution >= 0.6 is 22.7 Å². The molecule has 1 aromatic carbocycles. The van der Waals surface area contributed by atoms with Gasteiger partial charge in [-0.2, -0.15) is 0 Å². The molecule has 2 N–H and O–H groups in total. The molecule has 3 amide bonds. The minimum atomic E-state index is -2.84. The van der Waals surface area contributed by atoms with Gasteiger partial charge in [0, 0.05) is 0 Å². The summed E-state index contributed by atoms with van der Waals surface area (Å²) >= 11 is 2.26. The molecular formula is C16H11F2N3O4S2. The summed E-state index contributed by atoms with van der Waals surface area (Å²) in [6.45, 7) is -1.12. The van der Waals surface area contributed by atoms with Crippen molar-refractivity contribution in [1.82, 2.24) is 10.3 Å². The Bertz CT molecular complexity index is 969. The normalized spacial score (nSPS) is 10.8. The van der Waals surface area contributed by atoms with Gasteiger partial charge in [-0.05, 0) is 23.6 Å². The molecule has 0 spiro atoms. The second-order valence-corrected chi connectivity index (χ2v) is 6.99. The number of nitrogens with one attached hydrogen (secondary N) is 2. The number of anilines is 1. The molecular weight excluding hydrogens is 400 g/mol. The third-order valence-corrected chi connectivity index (χ3v) is 5.05. The lowest BCUT2D eigenvalue weighted by atomic mass is 10.3. The lowest BCUT2D eigenvalue weighted by Crippen LogP contribution is -2.32. The number of alkyl carbamates (subject to hydrolysis) is 1. The number of carbonyl (C=O) groups excluding carboxylic acids is 3. The van der Waals surface area contributed by atoms with Crippen molar-refractivity contribution in [3.63, 3.8) is 0 Å². The Morgan fingerprint density at radius 1 is 1.15 bits per heavy atom. The summed E-state index contributed by atoms with van der Waals surface area (Å²) in [4.78, 5) is 40.0. The molecule has 3 aromatic rings. The highest BCUT2D eigenvalue weighted by Gasteiger charge is 2.20. The zero-order valence-corrected chi connectivity index (χ0v) is 15.0. The minimum absolute atomic E-state index is 0.00320. The predicted octanol–water partition coefficient (Wildman–Crippen LogP) is 3.74. The van der Waals surface area contributed by atoms with Gasteiger partial charge in [-0.1, -0.05) is 12.1 Å². The summed E-state index contributed by atoms with van der Waals surface area (Å²) in [5.74, 6) is -1.39. The number of halogens is 2. The van der Waals surface area contributed by atoms with Crippen molar-refractivity contribution in [2.75, 3.05) is 11.9 Å². The quantitative estimate of drug-likeness (QED) is 0.667. The molecule has 0 bridgehead atoms. The van der Waals surface area contributed by atoms with Crippen LogP contribution in [-0.4, -0.2) is 35.9 Å². The number of benzene rings is 1. The molecule has 0 saturated heterocycles. The molecule has 0 aliphatic heterocycles. The fourth-order valence-electron chi connectivity index (χ4n) is 2.05. The van der Waals surface area contributed by atoms with Gasteiger partial charge in [0.05, 0.1) is 15.8 Å². The number of para-hydroxylation sites is 1. The van der Waals surface area contributed by atoms with E-state index in [9.17, 15) is 23.2 Å². The first-order valence-corrected chi connectivity index (χ1v) is 9.14. The van der Waals surface area contributed by atoms with Crippen LogP contribution in [0, 0.1) is 0 Å². The van der Waals surface area contributed by atoms with E-state index in [0.717, 1.165) is 16.0 Å². The smallest absolute Gasteiger partial charge is 0.414 e. The minimum Gasteiger partial charge on any atom is -0.443 e. The molecule has 0 radical (unpaired) electrons. The Labute approximate surface area is 159 Å². The number of hydrogen-bond donors (Lipinski definition) is 2. The van der Waals surface area contributed by atoms with E-state index in [1.54, 1.807) is 12.1 Å². The van der Waals surface area contributed by atoms with Crippen LogP contribution in [0.3, 0.4) is 0 Å². The topological polar surface area (TPSA) is 97.4 Å². The molecule has 3 rings (SSSR count). The summed E-state index contributed by atoms with van der Waals surface area (Å²) in [5.41, 5.74) is 0.682. The first kappa shape index (κ1) is 18.9. The SMILES string of the molecule is O=C(NC(=O)c1ccsc1NC(=O)c1nc2ccccc2s1)OCC(F)F. The molecule has 0 unspecified atom stereocenters. The predicted molar refractivity (Wildman–Crippen MR) is 96.7 cm³/mol. The van der Waals surface area contributed by atoms with Crippen LogP contribution in [0.25, 0.3) is 10.2 Å². The van der Waals surface area contributed by atoms with Crippen molar-refractivity contribution in [1.29, 1.82) is 0 Å². The first-order valence-electron chi connectivity index (χ1n) is 7.44. The molecule has 2 aromatic heterocycles.